The average molecular weight is 271 g/mol. The second-order valence-electron chi connectivity index (χ2n) is 5.18. The normalized spacial score (nSPS) is 12.0. The number of hydrogen-bond acceptors (Lipinski definition) is 4. The molecule has 21 heavy (non-hydrogen) atoms. The van der Waals surface area contributed by atoms with Crippen LogP contribution in [0.4, 0.5) is 0 Å². The standard InChI is InChI=1S/C17H9N3O/c21-17-18-16-13(19-20-17)8-9-4-3-7-11-10-5-1-2-6-12(10)15(16)14(9)11/h1-8H,(H,18,20,21). The van der Waals surface area contributed by atoms with Crippen molar-refractivity contribution in [3.8, 4) is 28.3 Å². The van der Waals surface area contributed by atoms with Gasteiger partial charge < -0.3 is 5.11 Å². The van der Waals surface area contributed by atoms with E-state index < -0.39 is 0 Å². The molecule has 0 bridgehead atoms. The van der Waals surface area contributed by atoms with E-state index in [0.717, 1.165) is 16.5 Å². The Labute approximate surface area is 119 Å². The molecule has 4 aromatic rings. The van der Waals surface area contributed by atoms with Crippen LogP contribution in [0.3, 0.4) is 0 Å². The first-order valence-corrected chi connectivity index (χ1v) is 6.72. The molecule has 1 aromatic heterocycles. The molecule has 0 radical (unpaired) electrons. The summed E-state index contributed by atoms with van der Waals surface area (Å²) in [5.41, 5.74) is 5.98. The summed E-state index contributed by atoms with van der Waals surface area (Å²) in [7, 11) is 0. The Hall–Kier alpha value is -3.01. The van der Waals surface area contributed by atoms with Gasteiger partial charge in [0.2, 0.25) is 0 Å². The van der Waals surface area contributed by atoms with Gasteiger partial charge in [0, 0.05) is 5.56 Å². The molecule has 1 heterocycles. The van der Waals surface area contributed by atoms with Crippen molar-refractivity contribution < 1.29 is 5.11 Å². The molecule has 0 spiro atoms. The molecule has 1 N–H and O–H groups in total. The van der Waals surface area contributed by atoms with E-state index in [1.807, 2.05) is 18.2 Å². The van der Waals surface area contributed by atoms with Crippen molar-refractivity contribution in [1.82, 2.24) is 15.2 Å². The Morgan fingerprint density at radius 3 is 2.52 bits per heavy atom. The molecule has 5 rings (SSSR count). The molecule has 98 valence electrons. The Bertz CT molecular complexity index is 1060. The number of aromatic nitrogens is 3. The van der Waals surface area contributed by atoms with Gasteiger partial charge in [-0.25, -0.2) is 0 Å². The van der Waals surface area contributed by atoms with Crippen LogP contribution in [-0.4, -0.2) is 20.3 Å². The predicted molar refractivity (Wildman–Crippen MR) is 80.9 cm³/mol. The Balaban J connectivity index is 2.13. The van der Waals surface area contributed by atoms with Crippen molar-refractivity contribution in [3.63, 3.8) is 0 Å². The number of benzene rings is 3. The third-order valence-electron chi connectivity index (χ3n) is 4.06. The first-order chi connectivity index (χ1) is 10.3. The number of fused-ring (bicyclic) bond motifs is 5. The lowest BCUT2D eigenvalue weighted by atomic mass is 10.0. The lowest BCUT2D eigenvalue weighted by Crippen LogP contribution is -1.91. The Kier molecular flexibility index (Phi) is 1.81. The maximum absolute atomic E-state index is 9.60. The summed E-state index contributed by atoms with van der Waals surface area (Å²) in [6.07, 6.45) is 0. The predicted octanol–water partition coefficient (Wildman–Crippen LogP) is 3.53. The van der Waals surface area contributed by atoms with Crippen molar-refractivity contribution in [2.45, 2.75) is 0 Å². The number of aromatic hydroxyl groups is 1. The van der Waals surface area contributed by atoms with Gasteiger partial charge in [0.05, 0.1) is 0 Å². The van der Waals surface area contributed by atoms with Gasteiger partial charge in [-0.05, 0) is 33.5 Å². The smallest absolute Gasteiger partial charge is 0.333 e. The largest absolute Gasteiger partial charge is 0.478 e. The molecule has 0 saturated carbocycles. The van der Waals surface area contributed by atoms with Gasteiger partial charge in [-0.2, -0.15) is 4.98 Å². The highest BCUT2D eigenvalue weighted by Crippen LogP contribution is 2.49. The molecule has 4 nitrogen and oxygen atoms in total. The zero-order valence-electron chi connectivity index (χ0n) is 10.9. The van der Waals surface area contributed by atoms with Crippen LogP contribution >= 0.6 is 0 Å². The molecule has 0 atom stereocenters. The minimum absolute atomic E-state index is 0.292. The molecule has 0 unspecified atom stereocenters. The SMILES string of the molecule is Oc1nnc2cc3cccc4c3c(c2n1)-c1ccccc1-4. The third-order valence-corrected chi connectivity index (χ3v) is 4.06. The molecular weight excluding hydrogens is 262 g/mol. The minimum Gasteiger partial charge on any atom is -0.478 e. The van der Waals surface area contributed by atoms with E-state index in [2.05, 4.69) is 45.5 Å². The van der Waals surface area contributed by atoms with Crippen molar-refractivity contribution in [2.24, 2.45) is 0 Å². The maximum Gasteiger partial charge on any atom is 0.333 e. The molecule has 0 aliphatic heterocycles. The molecule has 4 heteroatoms. The molecule has 3 aromatic carbocycles. The fourth-order valence-corrected chi connectivity index (χ4v) is 3.26. The monoisotopic (exact) mass is 271 g/mol. The lowest BCUT2D eigenvalue weighted by Gasteiger charge is -2.06. The van der Waals surface area contributed by atoms with Crippen LogP contribution in [0.1, 0.15) is 0 Å². The quantitative estimate of drug-likeness (QED) is 0.438. The summed E-state index contributed by atoms with van der Waals surface area (Å²) in [5.74, 6) is 0. The summed E-state index contributed by atoms with van der Waals surface area (Å²) in [5, 5.41) is 19.6. The highest BCUT2D eigenvalue weighted by Gasteiger charge is 2.24. The van der Waals surface area contributed by atoms with Gasteiger partial charge >= 0.3 is 6.01 Å². The number of hydrogen-bond donors (Lipinski definition) is 1. The van der Waals surface area contributed by atoms with E-state index in [-0.39, 0.29) is 6.01 Å². The second kappa shape index (κ2) is 3.55. The summed E-state index contributed by atoms with van der Waals surface area (Å²) in [4.78, 5) is 4.21. The van der Waals surface area contributed by atoms with Gasteiger partial charge in [-0.1, -0.05) is 47.6 Å². The van der Waals surface area contributed by atoms with Crippen molar-refractivity contribution >= 4 is 21.8 Å². The van der Waals surface area contributed by atoms with Gasteiger partial charge in [0.15, 0.2) is 0 Å². The summed E-state index contributed by atoms with van der Waals surface area (Å²) >= 11 is 0. The minimum atomic E-state index is -0.292. The second-order valence-corrected chi connectivity index (χ2v) is 5.18. The molecule has 1 aliphatic rings. The summed E-state index contributed by atoms with van der Waals surface area (Å²) in [6.45, 7) is 0. The summed E-state index contributed by atoms with van der Waals surface area (Å²) in [6, 6.07) is 16.2. The maximum atomic E-state index is 9.60. The molecule has 0 fully saturated rings. The van der Waals surface area contributed by atoms with E-state index in [1.165, 1.54) is 16.5 Å². The topological polar surface area (TPSA) is 58.9 Å². The van der Waals surface area contributed by atoms with E-state index in [1.54, 1.807) is 0 Å². The van der Waals surface area contributed by atoms with Crippen molar-refractivity contribution in [1.29, 1.82) is 0 Å². The van der Waals surface area contributed by atoms with E-state index in [4.69, 9.17) is 0 Å². The molecular formula is C17H9N3O. The van der Waals surface area contributed by atoms with Crippen LogP contribution in [0.15, 0.2) is 48.5 Å². The molecule has 1 aliphatic carbocycles. The molecule has 0 amide bonds. The van der Waals surface area contributed by atoms with Crippen LogP contribution in [-0.2, 0) is 0 Å². The first kappa shape index (κ1) is 10.7. The van der Waals surface area contributed by atoms with E-state index >= 15 is 0 Å². The Morgan fingerprint density at radius 2 is 1.62 bits per heavy atom. The highest BCUT2D eigenvalue weighted by molar-refractivity contribution is 6.22. The van der Waals surface area contributed by atoms with Gasteiger partial charge in [0.1, 0.15) is 11.0 Å². The van der Waals surface area contributed by atoms with Crippen LogP contribution in [0.5, 0.6) is 6.01 Å². The number of rotatable bonds is 0. The van der Waals surface area contributed by atoms with Gasteiger partial charge in [0.25, 0.3) is 0 Å². The van der Waals surface area contributed by atoms with Crippen molar-refractivity contribution in [2.75, 3.05) is 0 Å². The van der Waals surface area contributed by atoms with Gasteiger partial charge in [-0.15, -0.1) is 5.10 Å². The molecule has 0 saturated heterocycles. The first-order valence-electron chi connectivity index (χ1n) is 6.72. The van der Waals surface area contributed by atoms with Crippen molar-refractivity contribution in [3.05, 3.63) is 48.5 Å². The van der Waals surface area contributed by atoms with Crippen LogP contribution in [0, 0.1) is 0 Å². The zero-order chi connectivity index (χ0) is 14.0. The van der Waals surface area contributed by atoms with Crippen LogP contribution in [0.2, 0.25) is 0 Å². The fourth-order valence-electron chi connectivity index (χ4n) is 3.26. The highest BCUT2D eigenvalue weighted by atomic mass is 16.3. The van der Waals surface area contributed by atoms with Gasteiger partial charge in [-0.3, -0.25) is 0 Å². The zero-order valence-corrected chi connectivity index (χ0v) is 10.9. The fraction of sp³-hybridized carbons (Fsp3) is 0. The number of nitrogens with zero attached hydrogens (tertiary/aromatic N) is 3. The lowest BCUT2D eigenvalue weighted by molar-refractivity contribution is 0.425. The van der Waals surface area contributed by atoms with Crippen LogP contribution < -0.4 is 0 Å². The van der Waals surface area contributed by atoms with E-state index in [0.29, 0.717) is 11.0 Å². The summed E-state index contributed by atoms with van der Waals surface area (Å²) < 4.78 is 0. The van der Waals surface area contributed by atoms with E-state index in [9.17, 15) is 5.11 Å². The van der Waals surface area contributed by atoms with Crippen LogP contribution in [0.25, 0.3) is 44.1 Å². The average Bonchev–Trinajstić information content (AvgIpc) is 2.85. The third kappa shape index (κ3) is 1.26. The Morgan fingerprint density at radius 1 is 0.810 bits per heavy atom.